The first kappa shape index (κ1) is 16.3. The van der Waals surface area contributed by atoms with Crippen LogP contribution in [0.1, 0.15) is 19.6 Å². The molecular formula is C12H16F3NO4S. The highest BCUT2D eigenvalue weighted by Gasteiger charge is 2.51. The van der Waals surface area contributed by atoms with E-state index in [1.807, 2.05) is 0 Å². The van der Waals surface area contributed by atoms with Gasteiger partial charge >= 0.3 is 6.18 Å². The van der Waals surface area contributed by atoms with E-state index in [4.69, 9.17) is 9.15 Å². The molecule has 2 heterocycles. The molecule has 0 radical (unpaired) electrons. The highest BCUT2D eigenvalue weighted by atomic mass is 32.2. The summed E-state index contributed by atoms with van der Waals surface area (Å²) in [4.78, 5) is 0. The summed E-state index contributed by atoms with van der Waals surface area (Å²) in [6.45, 7) is 2.19. The lowest BCUT2D eigenvalue weighted by atomic mass is 10.2. The van der Waals surface area contributed by atoms with Gasteiger partial charge in [-0.3, -0.25) is 0 Å². The summed E-state index contributed by atoms with van der Waals surface area (Å²) in [6.07, 6.45) is -4.86. The van der Waals surface area contributed by atoms with Crippen LogP contribution in [0, 0.1) is 0 Å². The molecule has 1 aromatic heterocycles. The van der Waals surface area contributed by atoms with Crippen molar-refractivity contribution in [2.75, 3.05) is 13.2 Å². The zero-order valence-electron chi connectivity index (χ0n) is 11.6. The minimum atomic E-state index is -4.70. The average Bonchev–Trinajstić information content (AvgIpc) is 2.86. The number of halogens is 3. The molecular weight excluding hydrogens is 311 g/mol. The van der Waals surface area contributed by atoms with Crippen molar-refractivity contribution in [2.45, 2.75) is 43.7 Å². The van der Waals surface area contributed by atoms with Crippen LogP contribution in [-0.2, 0) is 21.2 Å². The van der Waals surface area contributed by atoms with Gasteiger partial charge in [-0.1, -0.05) is 6.92 Å². The summed E-state index contributed by atoms with van der Waals surface area (Å²) >= 11 is 0. The number of sulfonamides is 1. The highest BCUT2D eigenvalue weighted by Crippen LogP contribution is 2.33. The van der Waals surface area contributed by atoms with Crippen molar-refractivity contribution in [3.8, 4) is 0 Å². The topological polar surface area (TPSA) is 59.8 Å². The lowest BCUT2D eigenvalue weighted by Crippen LogP contribution is -2.57. The van der Waals surface area contributed by atoms with E-state index in [1.54, 1.807) is 6.92 Å². The Bertz CT molecular complexity index is 596. The van der Waals surface area contributed by atoms with Crippen LogP contribution < -0.4 is 0 Å². The number of furan rings is 1. The number of aryl methyl sites for hydroxylation is 1. The van der Waals surface area contributed by atoms with Gasteiger partial charge in [0.1, 0.15) is 11.8 Å². The number of morpholine rings is 1. The minimum absolute atomic E-state index is 0.366. The van der Waals surface area contributed by atoms with Crippen molar-refractivity contribution in [1.82, 2.24) is 4.31 Å². The smallest absolute Gasteiger partial charge is 0.407 e. The second kappa shape index (κ2) is 5.62. The quantitative estimate of drug-likeness (QED) is 0.854. The second-order valence-electron chi connectivity index (χ2n) is 4.85. The Labute approximate surface area is 120 Å². The zero-order valence-corrected chi connectivity index (χ0v) is 12.4. The van der Waals surface area contributed by atoms with Crippen molar-refractivity contribution >= 4 is 10.0 Å². The third-order valence-corrected chi connectivity index (χ3v) is 5.00. The zero-order chi connectivity index (χ0) is 15.8. The van der Waals surface area contributed by atoms with E-state index in [1.165, 1.54) is 19.1 Å². The van der Waals surface area contributed by atoms with Gasteiger partial charge in [0.05, 0.1) is 12.7 Å². The van der Waals surface area contributed by atoms with Gasteiger partial charge in [0, 0.05) is 13.0 Å². The van der Waals surface area contributed by atoms with Gasteiger partial charge in [-0.2, -0.15) is 17.5 Å². The van der Waals surface area contributed by atoms with Gasteiger partial charge in [-0.05, 0) is 19.1 Å². The third-order valence-electron chi connectivity index (χ3n) is 3.25. The molecule has 0 saturated carbocycles. The molecule has 0 amide bonds. The highest BCUT2D eigenvalue weighted by molar-refractivity contribution is 7.89. The van der Waals surface area contributed by atoms with Crippen LogP contribution in [0.25, 0.3) is 0 Å². The predicted octanol–water partition coefficient (Wildman–Crippen LogP) is 2.18. The summed E-state index contributed by atoms with van der Waals surface area (Å²) in [5.74, 6) is 0.401. The Balaban J connectivity index is 2.38. The molecule has 120 valence electrons. The SMILES string of the molecule is CCc1ccc(S(=O)(=O)N2CC(C)OCC2C(F)(F)F)o1. The number of ether oxygens (including phenoxy) is 1. The Morgan fingerprint density at radius 1 is 1.38 bits per heavy atom. The van der Waals surface area contributed by atoms with E-state index in [9.17, 15) is 21.6 Å². The molecule has 1 saturated heterocycles. The van der Waals surface area contributed by atoms with Crippen LogP contribution in [0.2, 0.25) is 0 Å². The first-order valence-corrected chi connectivity index (χ1v) is 7.89. The molecule has 0 spiro atoms. The number of hydrogen-bond acceptors (Lipinski definition) is 4. The maximum absolute atomic E-state index is 13.0. The Morgan fingerprint density at radius 2 is 2.05 bits per heavy atom. The molecule has 0 N–H and O–H groups in total. The standard InChI is InChI=1S/C12H16F3NO4S/c1-3-9-4-5-11(20-9)21(17,18)16-6-8(2)19-7-10(16)12(13,14)15/h4-5,8,10H,3,6-7H2,1-2H3. The lowest BCUT2D eigenvalue weighted by Gasteiger charge is -2.37. The van der Waals surface area contributed by atoms with E-state index in [0.717, 1.165) is 0 Å². The van der Waals surface area contributed by atoms with E-state index in [-0.39, 0.29) is 6.54 Å². The predicted molar refractivity (Wildman–Crippen MR) is 67.2 cm³/mol. The van der Waals surface area contributed by atoms with Crippen LogP contribution in [-0.4, -0.2) is 44.2 Å². The van der Waals surface area contributed by atoms with Crippen LogP contribution in [0.5, 0.6) is 0 Å². The van der Waals surface area contributed by atoms with Gasteiger partial charge in [0.2, 0.25) is 5.09 Å². The van der Waals surface area contributed by atoms with Gasteiger partial charge in [-0.15, -0.1) is 0 Å². The summed E-state index contributed by atoms with van der Waals surface area (Å²) in [5.41, 5.74) is 0. The number of rotatable bonds is 3. The summed E-state index contributed by atoms with van der Waals surface area (Å²) < 4.78 is 74.3. The van der Waals surface area contributed by atoms with Gasteiger partial charge < -0.3 is 9.15 Å². The number of nitrogens with zero attached hydrogens (tertiary/aromatic N) is 1. The molecule has 0 bridgehead atoms. The molecule has 1 aromatic rings. The van der Waals surface area contributed by atoms with E-state index in [0.29, 0.717) is 16.5 Å². The summed E-state index contributed by atoms with van der Waals surface area (Å²) in [5, 5.41) is -0.470. The van der Waals surface area contributed by atoms with E-state index >= 15 is 0 Å². The van der Waals surface area contributed by atoms with Crippen molar-refractivity contribution in [1.29, 1.82) is 0 Å². The number of hydrogen-bond donors (Lipinski definition) is 0. The van der Waals surface area contributed by atoms with Crippen LogP contribution in [0.15, 0.2) is 21.6 Å². The normalized spacial score (nSPS) is 25.2. The van der Waals surface area contributed by atoms with Gasteiger partial charge in [0.15, 0.2) is 0 Å². The molecule has 9 heteroatoms. The Morgan fingerprint density at radius 3 is 2.57 bits per heavy atom. The molecule has 1 fully saturated rings. The van der Waals surface area contributed by atoms with Gasteiger partial charge in [0.25, 0.3) is 10.0 Å². The van der Waals surface area contributed by atoms with Crippen molar-refractivity contribution in [3.05, 3.63) is 17.9 Å². The third kappa shape index (κ3) is 3.24. The molecule has 1 aliphatic heterocycles. The average molecular weight is 327 g/mol. The van der Waals surface area contributed by atoms with Crippen LogP contribution in [0.4, 0.5) is 13.2 Å². The molecule has 5 nitrogen and oxygen atoms in total. The van der Waals surface area contributed by atoms with Crippen LogP contribution >= 0.6 is 0 Å². The monoisotopic (exact) mass is 327 g/mol. The maximum atomic E-state index is 13.0. The van der Waals surface area contributed by atoms with E-state index in [2.05, 4.69) is 0 Å². The first-order valence-electron chi connectivity index (χ1n) is 6.45. The molecule has 2 atom stereocenters. The fourth-order valence-electron chi connectivity index (χ4n) is 2.10. The maximum Gasteiger partial charge on any atom is 0.407 e. The largest absolute Gasteiger partial charge is 0.448 e. The fourth-order valence-corrected chi connectivity index (χ4v) is 3.70. The molecule has 1 aliphatic rings. The van der Waals surface area contributed by atoms with Crippen molar-refractivity contribution < 1.29 is 30.7 Å². The second-order valence-corrected chi connectivity index (χ2v) is 6.67. The Hall–Kier alpha value is -1.06. The van der Waals surface area contributed by atoms with Crippen LogP contribution in [0.3, 0.4) is 0 Å². The molecule has 21 heavy (non-hydrogen) atoms. The minimum Gasteiger partial charge on any atom is -0.448 e. The lowest BCUT2D eigenvalue weighted by molar-refractivity contribution is -0.204. The van der Waals surface area contributed by atoms with Gasteiger partial charge in [-0.25, -0.2) is 8.42 Å². The number of alkyl halides is 3. The summed E-state index contributed by atoms with van der Waals surface area (Å²) in [6, 6.07) is 0.426. The van der Waals surface area contributed by atoms with Crippen molar-refractivity contribution in [2.24, 2.45) is 0 Å². The van der Waals surface area contributed by atoms with E-state index < -0.39 is 40.0 Å². The first-order chi connectivity index (χ1) is 9.66. The molecule has 2 unspecified atom stereocenters. The Kier molecular flexibility index (Phi) is 4.36. The fraction of sp³-hybridized carbons (Fsp3) is 0.667. The van der Waals surface area contributed by atoms with Crippen molar-refractivity contribution in [3.63, 3.8) is 0 Å². The molecule has 2 rings (SSSR count). The molecule has 0 aliphatic carbocycles. The molecule has 0 aromatic carbocycles. The summed E-state index contributed by atoms with van der Waals surface area (Å²) in [7, 11) is -4.35.